The highest BCUT2D eigenvalue weighted by atomic mass is 16.5. The van der Waals surface area contributed by atoms with Crippen LogP contribution in [0.2, 0.25) is 0 Å². The molecule has 0 amide bonds. The molecule has 0 fully saturated rings. The summed E-state index contributed by atoms with van der Waals surface area (Å²) in [6, 6.07) is 9.28. The second kappa shape index (κ2) is 5.67. The monoisotopic (exact) mass is 250 g/mol. The summed E-state index contributed by atoms with van der Waals surface area (Å²) in [5.41, 5.74) is -0.162. The molecule has 18 heavy (non-hydrogen) atoms. The first-order valence-electron chi connectivity index (χ1n) is 5.79. The summed E-state index contributed by atoms with van der Waals surface area (Å²) in [6.45, 7) is 4.83. The molecule has 1 N–H and O–H groups in total. The first kappa shape index (κ1) is 14.2. The van der Waals surface area contributed by atoms with Gasteiger partial charge in [0.05, 0.1) is 11.3 Å². The largest absolute Gasteiger partial charge is 0.481 e. The molecular formula is C14H18O4. The van der Waals surface area contributed by atoms with Gasteiger partial charge in [0.1, 0.15) is 6.61 Å². The molecule has 0 aromatic heterocycles. The maximum atomic E-state index is 11.9. The number of benzene rings is 1. The van der Waals surface area contributed by atoms with Crippen LogP contribution >= 0.6 is 0 Å². The lowest BCUT2D eigenvalue weighted by atomic mass is 9.80. The number of ether oxygens (including phenoxy) is 1. The number of esters is 1. The average Bonchev–Trinajstić information content (AvgIpc) is 2.35. The minimum atomic E-state index is -1.04. The van der Waals surface area contributed by atoms with Gasteiger partial charge in [-0.2, -0.15) is 0 Å². The van der Waals surface area contributed by atoms with E-state index in [1.807, 2.05) is 30.3 Å². The van der Waals surface area contributed by atoms with Gasteiger partial charge in [0.25, 0.3) is 0 Å². The van der Waals surface area contributed by atoms with E-state index in [1.54, 1.807) is 13.8 Å². The molecule has 0 saturated carbocycles. The second-order valence-electron chi connectivity index (χ2n) is 4.84. The van der Waals surface area contributed by atoms with Crippen LogP contribution in [0.5, 0.6) is 0 Å². The lowest BCUT2D eigenvalue weighted by Crippen LogP contribution is -2.37. The highest BCUT2D eigenvalue weighted by molar-refractivity contribution is 5.83. The SMILES string of the molecule is C[C@@H](C(=O)O)C(C)(C)C(=O)OCc1ccccc1. The number of hydrogen-bond donors (Lipinski definition) is 1. The van der Waals surface area contributed by atoms with Crippen molar-refractivity contribution in [1.29, 1.82) is 0 Å². The van der Waals surface area contributed by atoms with Crippen molar-refractivity contribution >= 4 is 11.9 Å². The van der Waals surface area contributed by atoms with Gasteiger partial charge < -0.3 is 9.84 Å². The Balaban J connectivity index is 2.63. The van der Waals surface area contributed by atoms with Crippen LogP contribution in [-0.2, 0) is 20.9 Å². The third-order valence-corrected chi connectivity index (χ3v) is 3.19. The highest BCUT2D eigenvalue weighted by Gasteiger charge is 2.39. The number of aliphatic carboxylic acids is 1. The van der Waals surface area contributed by atoms with Crippen molar-refractivity contribution in [3.05, 3.63) is 35.9 Å². The number of rotatable bonds is 5. The molecule has 1 rings (SSSR count). The summed E-state index contributed by atoms with van der Waals surface area (Å²) in [5, 5.41) is 8.94. The van der Waals surface area contributed by atoms with E-state index in [4.69, 9.17) is 9.84 Å². The van der Waals surface area contributed by atoms with E-state index in [9.17, 15) is 9.59 Å². The molecule has 0 saturated heterocycles. The summed E-state index contributed by atoms with van der Waals surface area (Å²) in [6.07, 6.45) is 0. The van der Waals surface area contributed by atoms with Gasteiger partial charge in [0.2, 0.25) is 0 Å². The van der Waals surface area contributed by atoms with Crippen LogP contribution in [0.15, 0.2) is 30.3 Å². The molecule has 0 aliphatic carbocycles. The van der Waals surface area contributed by atoms with Gasteiger partial charge in [-0.15, -0.1) is 0 Å². The zero-order chi connectivity index (χ0) is 13.8. The van der Waals surface area contributed by atoms with Crippen LogP contribution in [0.1, 0.15) is 26.3 Å². The first-order chi connectivity index (χ1) is 8.35. The standard InChI is InChI=1S/C14H18O4/c1-10(12(15)16)14(2,3)13(17)18-9-11-7-5-4-6-8-11/h4-8,10H,9H2,1-3H3,(H,15,16)/t10-/m0/s1. The van der Waals surface area contributed by atoms with Crippen LogP contribution in [0.25, 0.3) is 0 Å². The molecule has 1 aromatic rings. The molecule has 4 heteroatoms. The number of carboxylic acids is 1. The Kier molecular flexibility index (Phi) is 4.48. The van der Waals surface area contributed by atoms with Crippen LogP contribution in [0, 0.1) is 11.3 Å². The third kappa shape index (κ3) is 3.32. The van der Waals surface area contributed by atoms with E-state index in [-0.39, 0.29) is 6.61 Å². The van der Waals surface area contributed by atoms with Crippen LogP contribution < -0.4 is 0 Å². The Morgan fingerprint density at radius 2 is 1.83 bits per heavy atom. The summed E-state index contributed by atoms with van der Waals surface area (Å²) in [5.74, 6) is -2.29. The molecule has 0 unspecified atom stereocenters. The minimum Gasteiger partial charge on any atom is -0.481 e. The van der Waals surface area contributed by atoms with E-state index in [1.165, 1.54) is 6.92 Å². The number of carbonyl (C=O) groups is 2. The zero-order valence-corrected chi connectivity index (χ0v) is 10.8. The molecular weight excluding hydrogens is 232 g/mol. The molecule has 0 bridgehead atoms. The van der Waals surface area contributed by atoms with Crippen molar-refractivity contribution in [3.63, 3.8) is 0 Å². The summed E-state index contributed by atoms with van der Waals surface area (Å²) in [4.78, 5) is 22.8. The molecule has 0 radical (unpaired) electrons. The molecule has 0 aliphatic rings. The Hall–Kier alpha value is -1.84. The van der Waals surface area contributed by atoms with Gasteiger partial charge in [0.15, 0.2) is 0 Å². The molecule has 0 spiro atoms. The van der Waals surface area contributed by atoms with Crippen molar-refractivity contribution < 1.29 is 19.4 Å². The highest BCUT2D eigenvalue weighted by Crippen LogP contribution is 2.28. The fraction of sp³-hybridized carbons (Fsp3) is 0.429. The maximum Gasteiger partial charge on any atom is 0.312 e. The average molecular weight is 250 g/mol. The van der Waals surface area contributed by atoms with Crippen molar-refractivity contribution in [1.82, 2.24) is 0 Å². The van der Waals surface area contributed by atoms with Crippen molar-refractivity contribution in [3.8, 4) is 0 Å². The third-order valence-electron chi connectivity index (χ3n) is 3.19. The quantitative estimate of drug-likeness (QED) is 0.815. The van der Waals surface area contributed by atoms with Crippen molar-refractivity contribution in [2.24, 2.45) is 11.3 Å². The summed E-state index contributed by atoms with van der Waals surface area (Å²) >= 11 is 0. The Labute approximate surface area is 107 Å². The van der Waals surface area contributed by atoms with E-state index in [2.05, 4.69) is 0 Å². The van der Waals surface area contributed by atoms with Gasteiger partial charge in [-0.1, -0.05) is 37.3 Å². The maximum absolute atomic E-state index is 11.9. The van der Waals surface area contributed by atoms with E-state index in [0.717, 1.165) is 5.56 Å². The second-order valence-corrected chi connectivity index (χ2v) is 4.84. The van der Waals surface area contributed by atoms with Crippen LogP contribution in [0.3, 0.4) is 0 Å². The summed E-state index contributed by atoms with van der Waals surface area (Å²) < 4.78 is 5.16. The molecule has 1 aromatic carbocycles. The first-order valence-corrected chi connectivity index (χ1v) is 5.79. The summed E-state index contributed by atoms with van der Waals surface area (Å²) in [7, 11) is 0. The molecule has 0 aliphatic heterocycles. The van der Waals surface area contributed by atoms with Crippen molar-refractivity contribution in [2.75, 3.05) is 0 Å². The predicted molar refractivity (Wildman–Crippen MR) is 66.8 cm³/mol. The predicted octanol–water partition coefficient (Wildman–Crippen LogP) is 2.48. The smallest absolute Gasteiger partial charge is 0.312 e. The van der Waals surface area contributed by atoms with E-state index >= 15 is 0 Å². The lowest BCUT2D eigenvalue weighted by molar-refractivity contribution is -0.165. The molecule has 98 valence electrons. The van der Waals surface area contributed by atoms with Gasteiger partial charge in [0, 0.05) is 0 Å². The van der Waals surface area contributed by atoms with Gasteiger partial charge in [-0.25, -0.2) is 0 Å². The Bertz CT molecular complexity index is 423. The normalized spacial score (nSPS) is 12.8. The lowest BCUT2D eigenvalue weighted by Gasteiger charge is -2.26. The number of hydrogen-bond acceptors (Lipinski definition) is 3. The number of carboxylic acid groups (broad SMARTS) is 1. The van der Waals surface area contributed by atoms with E-state index < -0.39 is 23.3 Å². The topological polar surface area (TPSA) is 63.6 Å². The van der Waals surface area contributed by atoms with Crippen molar-refractivity contribution in [2.45, 2.75) is 27.4 Å². The van der Waals surface area contributed by atoms with Gasteiger partial charge in [-0.3, -0.25) is 9.59 Å². The molecule has 1 atom stereocenters. The minimum absolute atomic E-state index is 0.162. The Morgan fingerprint density at radius 1 is 1.28 bits per heavy atom. The fourth-order valence-electron chi connectivity index (χ4n) is 1.39. The van der Waals surface area contributed by atoms with Gasteiger partial charge >= 0.3 is 11.9 Å². The zero-order valence-electron chi connectivity index (χ0n) is 10.8. The molecule has 4 nitrogen and oxygen atoms in total. The fourth-order valence-corrected chi connectivity index (χ4v) is 1.39. The number of carbonyl (C=O) groups excluding carboxylic acids is 1. The van der Waals surface area contributed by atoms with Gasteiger partial charge in [-0.05, 0) is 19.4 Å². The van der Waals surface area contributed by atoms with Crippen LogP contribution in [-0.4, -0.2) is 17.0 Å². The van der Waals surface area contributed by atoms with E-state index in [0.29, 0.717) is 0 Å². The molecule has 0 heterocycles. The van der Waals surface area contributed by atoms with Crippen LogP contribution in [0.4, 0.5) is 0 Å². The Morgan fingerprint density at radius 3 is 2.33 bits per heavy atom.